The minimum absolute atomic E-state index is 0.137. The van der Waals surface area contributed by atoms with E-state index < -0.39 is 5.67 Å². The van der Waals surface area contributed by atoms with Crippen molar-refractivity contribution in [3.05, 3.63) is 29.3 Å². The molecule has 26 heavy (non-hydrogen) atoms. The van der Waals surface area contributed by atoms with Gasteiger partial charge in [-0.15, -0.1) is 11.3 Å². The molecule has 0 aliphatic carbocycles. The highest BCUT2D eigenvalue weighted by atomic mass is 32.1. The quantitative estimate of drug-likeness (QED) is 0.887. The molecule has 4 heterocycles. The smallest absolute Gasteiger partial charge is 0.261 e. The van der Waals surface area contributed by atoms with Gasteiger partial charge < -0.3 is 9.64 Å². The van der Waals surface area contributed by atoms with Crippen LogP contribution in [-0.4, -0.2) is 71.0 Å². The van der Waals surface area contributed by atoms with Crippen LogP contribution in [0.15, 0.2) is 23.7 Å². The number of aromatic amines is 1. The molecule has 8 heteroatoms. The number of rotatable bonds is 4. The summed E-state index contributed by atoms with van der Waals surface area (Å²) < 4.78 is 20.8. The first-order chi connectivity index (χ1) is 12.7. The lowest BCUT2D eigenvalue weighted by Gasteiger charge is -2.40. The van der Waals surface area contributed by atoms with E-state index in [0.29, 0.717) is 45.7 Å². The van der Waals surface area contributed by atoms with Crippen molar-refractivity contribution in [2.24, 2.45) is 0 Å². The Morgan fingerprint density at radius 1 is 1.38 bits per heavy atom. The van der Waals surface area contributed by atoms with Crippen molar-refractivity contribution in [3.63, 3.8) is 0 Å². The van der Waals surface area contributed by atoms with E-state index in [1.165, 1.54) is 0 Å². The number of hydrogen-bond acceptors (Lipinski definition) is 5. The molecule has 0 aromatic carbocycles. The number of halogens is 1. The number of ether oxygens (including phenoxy) is 1. The van der Waals surface area contributed by atoms with E-state index in [4.69, 9.17) is 4.74 Å². The highest BCUT2D eigenvalue weighted by Crippen LogP contribution is 2.31. The van der Waals surface area contributed by atoms with Crippen LogP contribution in [0.3, 0.4) is 0 Å². The second-order valence-electron chi connectivity index (χ2n) is 6.93. The molecule has 2 aromatic rings. The summed E-state index contributed by atoms with van der Waals surface area (Å²) in [4.78, 5) is 17.5. The number of carbonyl (C=O) groups excluding carboxylic acids is 1. The first kappa shape index (κ1) is 17.6. The predicted octanol–water partition coefficient (Wildman–Crippen LogP) is 2.30. The Hall–Kier alpha value is -1.77. The van der Waals surface area contributed by atoms with Gasteiger partial charge >= 0.3 is 0 Å². The first-order valence-corrected chi connectivity index (χ1v) is 9.88. The Balaban J connectivity index is 1.45. The Kier molecular flexibility index (Phi) is 5.06. The maximum atomic E-state index is 15.5. The van der Waals surface area contributed by atoms with E-state index in [1.807, 2.05) is 22.4 Å². The molecule has 1 unspecified atom stereocenters. The maximum Gasteiger partial charge on any atom is 0.261 e. The fraction of sp³-hybridized carbons (Fsp3) is 0.556. The minimum atomic E-state index is -1.80. The average molecular weight is 378 g/mol. The number of nitrogens with one attached hydrogen (secondary N) is 1. The maximum absolute atomic E-state index is 15.5. The monoisotopic (exact) mass is 378 g/mol. The topological polar surface area (TPSA) is 61.5 Å². The van der Waals surface area contributed by atoms with Gasteiger partial charge in [0.1, 0.15) is 0 Å². The molecule has 2 saturated heterocycles. The standard InChI is InChI=1S/C18H23FN4O2S/c19-18(17(24)23-6-8-25-9-7-23)4-2-5-22(13-18)12-14-11-20-21-16(14)15-3-1-10-26-15/h1,3,10-11H,2,4-9,12-13H2,(H,20,21). The number of amides is 1. The summed E-state index contributed by atoms with van der Waals surface area (Å²) in [5, 5.41) is 9.23. The number of hydrogen-bond donors (Lipinski definition) is 1. The highest BCUT2D eigenvalue weighted by molar-refractivity contribution is 7.13. The molecular weight excluding hydrogens is 355 g/mol. The number of likely N-dealkylation sites (tertiary alicyclic amines) is 1. The molecule has 2 aromatic heterocycles. The van der Waals surface area contributed by atoms with Gasteiger partial charge in [0.25, 0.3) is 5.91 Å². The number of nitrogens with zero attached hydrogens (tertiary/aromatic N) is 3. The second kappa shape index (κ2) is 7.46. The Morgan fingerprint density at radius 3 is 3.00 bits per heavy atom. The lowest BCUT2D eigenvalue weighted by atomic mass is 9.92. The Labute approximate surface area is 155 Å². The normalized spacial score (nSPS) is 24.7. The first-order valence-electron chi connectivity index (χ1n) is 9.00. The van der Waals surface area contributed by atoms with Crippen LogP contribution in [0.1, 0.15) is 18.4 Å². The molecule has 0 radical (unpaired) electrons. The van der Waals surface area contributed by atoms with Gasteiger partial charge in [0.15, 0.2) is 0 Å². The van der Waals surface area contributed by atoms with E-state index in [2.05, 4.69) is 10.2 Å². The summed E-state index contributed by atoms with van der Waals surface area (Å²) >= 11 is 1.64. The SMILES string of the molecule is O=C(N1CCOCC1)C1(F)CCCN(Cc2cn[nH]c2-c2cccs2)C1. The van der Waals surface area contributed by atoms with Crippen LogP contribution in [-0.2, 0) is 16.1 Å². The van der Waals surface area contributed by atoms with Gasteiger partial charge in [0.2, 0.25) is 5.67 Å². The number of aromatic nitrogens is 2. The van der Waals surface area contributed by atoms with Gasteiger partial charge in [-0.3, -0.25) is 14.8 Å². The molecule has 0 bridgehead atoms. The van der Waals surface area contributed by atoms with Crippen LogP contribution in [0.25, 0.3) is 10.6 Å². The molecule has 1 amide bonds. The second-order valence-corrected chi connectivity index (χ2v) is 7.88. The molecular formula is C18H23FN4O2S. The zero-order valence-corrected chi connectivity index (χ0v) is 15.4. The number of H-pyrrole nitrogens is 1. The van der Waals surface area contributed by atoms with Crippen molar-refractivity contribution in [2.45, 2.75) is 25.1 Å². The number of thiophene rings is 1. The molecule has 140 valence electrons. The van der Waals surface area contributed by atoms with Crippen LogP contribution in [0.4, 0.5) is 4.39 Å². The minimum Gasteiger partial charge on any atom is -0.378 e. The fourth-order valence-electron chi connectivity index (χ4n) is 3.76. The van der Waals surface area contributed by atoms with Crippen molar-refractivity contribution in [1.82, 2.24) is 20.0 Å². The number of carbonyl (C=O) groups is 1. The zero-order chi connectivity index (χ0) is 18.0. The predicted molar refractivity (Wildman–Crippen MR) is 97.6 cm³/mol. The third-order valence-electron chi connectivity index (χ3n) is 5.08. The van der Waals surface area contributed by atoms with E-state index in [-0.39, 0.29) is 12.5 Å². The molecule has 2 aliphatic heterocycles. The zero-order valence-electron chi connectivity index (χ0n) is 14.6. The molecule has 6 nitrogen and oxygen atoms in total. The van der Waals surface area contributed by atoms with Gasteiger partial charge in [-0.2, -0.15) is 5.10 Å². The van der Waals surface area contributed by atoms with Crippen molar-refractivity contribution in [3.8, 4) is 10.6 Å². The van der Waals surface area contributed by atoms with Gasteiger partial charge in [-0.05, 0) is 30.8 Å². The van der Waals surface area contributed by atoms with Gasteiger partial charge in [-0.1, -0.05) is 6.07 Å². The number of alkyl halides is 1. The summed E-state index contributed by atoms with van der Waals surface area (Å²) in [6.45, 7) is 3.46. The Morgan fingerprint density at radius 2 is 2.23 bits per heavy atom. The summed E-state index contributed by atoms with van der Waals surface area (Å²) in [6.07, 6.45) is 2.77. The van der Waals surface area contributed by atoms with E-state index in [1.54, 1.807) is 22.4 Å². The number of piperidine rings is 1. The van der Waals surface area contributed by atoms with Gasteiger partial charge in [0.05, 0.1) is 30.0 Å². The summed E-state index contributed by atoms with van der Waals surface area (Å²) in [7, 11) is 0. The number of morpholine rings is 1. The van der Waals surface area contributed by atoms with E-state index in [9.17, 15) is 4.79 Å². The average Bonchev–Trinajstić information content (AvgIpc) is 3.33. The van der Waals surface area contributed by atoms with Crippen molar-refractivity contribution in [1.29, 1.82) is 0 Å². The molecule has 0 spiro atoms. The van der Waals surface area contributed by atoms with E-state index >= 15 is 4.39 Å². The third kappa shape index (κ3) is 3.54. The van der Waals surface area contributed by atoms with Crippen molar-refractivity contribution in [2.75, 3.05) is 39.4 Å². The van der Waals surface area contributed by atoms with Crippen LogP contribution in [0.5, 0.6) is 0 Å². The molecule has 0 saturated carbocycles. The van der Waals surface area contributed by atoms with E-state index in [0.717, 1.165) is 22.7 Å². The molecule has 1 atom stereocenters. The lowest BCUT2D eigenvalue weighted by Crippen LogP contribution is -2.57. The van der Waals surface area contributed by atoms with Crippen molar-refractivity contribution >= 4 is 17.2 Å². The van der Waals surface area contributed by atoms with Crippen LogP contribution in [0.2, 0.25) is 0 Å². The van der Waals surface area contributed by atoms with Crippen molar-refractivity contribution < 1.29 is 13.9 Å². The van der Waals surface area contributed by atoms with Gasteiger partial charge in [-0.25, -0.2) is 4.39 Å². The molecule has 1 N–H and O–H groups in total. The van der Waals surface area contributed by atoms with Crippen LogP contribution < -0.4 is 0 Å². The Bertz CT molecular complexity index is 744. The van der Waals surface area contributed by atoms with Crippen LogP contribution >= 0.6 is 11.3 Å². The summed E-state index contributed by atoms with van der Waals surface area (Å²) in [5.74, 6) is -0.379. The fourth-order valence-corrected chi connectivity index (χ4v) is 4.52. The summed E-state index contributed by atoms with van der Waals surface area (Å²) in [5.41, 5.74) is 0.215. The lowest BCUT2D eigenvalue weighted by molar-refractivity contribution is -0.152. The van der Waals surface area contributed by atoms with Gasteiger partial charge in [0, 0.05) is 31.7 Å². The molecule has 2 aliphatic rings. The molecule has 2 fully saturated rings. The highest BCUT2D eigenvalue weighted by Gasteiger charge is 2.45. The third-order valence-corrected chi connectivity index (χ3v) is 5.97. The summed E-state index contributed by atoms with van der Waals surface area (Å²) in [6, 6.07) is 4.04. The largest absolute Gasteiger partial charge is 0.378 e. The van der Waals surface area contributed by atoms with Crippen LogP contribution in [0, 0.1) is 0 Å². The molecule has 4 rings (SSSR count).